The van der Waals surface area contributed by atoms with E-state index in [4.69, 9.17) is 5.11 Å². The summed E-state index contributed by atoms with van der Waals surface area (Å²) < 4.78 is 0. The minimum atomic E-state index is -0.0379. The first-order chi connectivity index (χ1) is 11.2. The Kier molecular flexibility index (Phi) is 7.40. The molecule has 23 heavy (non-hydrogen) atoms. The molecule has 0 bridgehead atoms. The van der Waals surface area contributed by atoms with E-state index in [9.17, 15) is 4.79 Å². The van der Waals surface area contributed by atoms with Gasteiger partial charge in [0.1, 0.15) is 0 Å². The van der Waals surface area contributed by atoms with Crippen molar-refractivity contribution in [2.45, 2.75) is 63.5 Å². The van der Waals surface area contributed by atoms with E-state index in [0.29, 0.717) is 12.5 Å². The van der Waals surface area contributed by atoms with Gasteiger partial charge in [-0.25, -0.2) is 4.79 Å². The molecule has 0 radical (unpaired) electrons. The van der Waals surface area contributed by atoms with Gasteiger partial charge in [-0.15, -0.1) is 0 Å². The van der Waals surface area contributed by atoms with Gasteiger partial charge in [0.2, 0.25) is 0 Å². The molecular weight excluding hydrogens is 288 g/mol. The Bertz CT molecular complexity index is 456. The lowest BCUT2D eigenvalue weighted by atomic mass is 10.0. The third-order valence-electron chi connectivity index (χ3n) is 4.84. The highest BCUT2D eigenvalue weighted by atomic mass is 16.3. The van der Waals surface area contributed by atoms with Crippen molar-refractivity contribution in [1.82, 2.24) is 10.2 Å². The molecule has 0 saturated heterocycles. The number of nitrogens with zero attached hydrogens (tertiary/aromatic N) is 1. The number of carbonyl (C=O) groups is 1. The zero-order valence-corrected chi connectivity index (χ0v) is 14.2. The molecule has 1 unspecified atom stereocenters. The van der Waals surface area contributed by atoms with Crippen LogP contribution in [0.2, 0.25) is 0 Å². The normalized spacial score (nSPS) is 17.3. The lowest BCUT2D eigenvalue weighted by Gasteiger charge is -2.30. The molecule has 2 amide bonds. The Morgan fingerprint density at radius 2 is 1.87 bits per heavy atom. The van der Waals surface area contributed by atoms with E-state index in [1.54, 1.807) is 0 Å². The highest BCUT2D eigenvalue weighted by molar-refractivity contribution is 5.74. The van der Waals surface area contributed by atoms with Gasteiger partial charge in [0, 0.05) is 19.7 Å². The first-order valence-electron chi connectivity index (χ1n) is 8.91. The molecule has 0 aliphatic heterocycles. The van der Waals surface area contributed by atoms with Crippen LogP contribution in [0.3, 0.4) is 0 Å². The second-order valence-electron chi connectivity index (χ2n) is 6.53. The van der Waals surface area contributed by atoms with Crippen molar-refractivity contribution in [1.29, 1.82) is 0 Å². The standard InChI is InChI=1S/C19H30N2O2/c1-21(17-12-7-2-3-8-13-17)19(23)20-18(14-9-15-22)16-10-5-4-6-11-16/h4-6,10-11,17-18,22H,2-3,7-9,12-15H2,1H3,(H,20,23). The van der Waals surface area contributed by atoms with Crippen LogP contribution in [0.5, 0.6) is 0 Å². The monoisotopic (exact) mass is 318 g/mol. The van der Waals surface area contributed by atoms with Crippen LogP contribution in [-0.4, -0.2) is 35.7 Å². The Morgan fingerprint density at radius 1 is 1.22 bits per heavy atom. The van der Waals surface area contributed by atoms with Crippen molar-refractivity contribution in [2.75, 3.05) is 13.7 Å². The van der Waals surface area contributed by atoms with Gasteiger partial charge in [0.25, 0.3) is 0 Å². The van der Waals surface area contributed by atoms with Gasteiger partial charge >= 0.3 is 6.03 Å². The molecule has 0 spiro atoms. The first-order valence-corrected chi connectivity index (χ1v) is 8.91. The zero-order valence-electron chi connectivity index (χ0n) is 14.2. The van der Waals surface area contributed by atoms with Crippen molar-refractivity contribution in [3.63, 3.8) is 0 Å². The average Bonchev–Trinajstić information content (AvgIpc) is 2.87. The molecule has 2 rings (SSSR count). The minimum absolute atomic E-state index is 0.00342. The summed E-state index contributed by atoms with van der Waals surface area (Å²) in [6, 6.07) is 10.3. The highest BCUT2D eigenvalue weighted by Crippen LogP contribution is 2.23. The number of benzene rings is 1. The second-order valence-corrected chi connectivity index (χ2v) is 6.53. The largest absolute Gasteiger partial charge is 0.396 e. The molecule has 1 atom stereocenters. The molecule has 4 heteroatoms. The van der Waals surface area contributed by atoms with Gasteiger partial charge in [-0.2, -0.15) is 0 Å². The molecule has 1 saturated carbocycles. The van der Waals surface area contributed by atoms with E-state index >= 15 is 0 Å². The average molecular weight is 318 g/mol. The summed E-state index contributed by atoms with van der Waals surface area (Å²) in [4.78, 5) is 14.5. The number of aliphatic hydroxyl groups excluding tert-OH is 1. The summed E-state index contributed by atoms with van der Waals surface area (Å²) in [6.45, 7) is 0.150. The van der Waals surface area contributed by atoms with Crippen LogP contribution in [-0.2, 0) is 0 Å². The summed E-state index contributed by atoms with van der Waals surface area (Å²) in [7, 11) is 1.92. The van der Waals surface area contributed by atoms with Crippen LogP contribution in [0, 0.1) is 0 Å². The fourth-order valence-electron chi connectivity index (χ4n) is 3.36. The molecule has 1 aliphatic rings. The Hall–Kier alpha value is -1.55. The number of hydrogen-bond donors (Lipinski definition) is 2. The molecule has 1 aliphatic carbocycles. The van der Waals surface area contributed by atoms with Crippen LogP contribution in [0.15, 0.2) is 30.3 Å². The highest BCUT2D eigenvalue weighted by Gasteiger charge is 2.23. The smallest absolute Gasteiger partial charge is 0.317 e. The predicted octanol–water partition coefficient (Wildman–Crippen LogP) is 3.86. The number of urea groups is 1. The van der Waals surface area contributed by atoms with Crippen molar-refractivity contribution >= 4 is 6.03 Å². The summed E-state index contributed by atoms with van der Waals surface area (Å²) in [5.41, 5.74) is 1.10. The third-order valence-corrected chi connectivity index (χ3v) is 4.84. The Labute approximate surface area is 139 Å². The number of amides is 2. The van der Waals surface area contributed by atoms with Gasteiger partial charge in [0.15, 0.2) is 0 Å². The van der Waals surface area contributed by atoms with Crippen LogP contribution in [0.4, 0.5) is 4.79 Å². The van der Waals surface area contributed by atoms with Gasteiger partial charge < -0.3 is 15.3 Å². The number of hydrogen-bond acceptors (Lipinski definition) is 2. The lowest BCUT2D eigenvalue weighted by molar-refractivity contribution is 0.178. The van der Waals surface area contributed by atoms with Crippen molar-refractivity contribution in [2.24, 2.45) is 0 Å². The summed E-state index contributed by atoms with van der Waals surface area (Å²) in [5, 5.41) is 12.3. The number of nitrogens with one attached hydrogen (secondary N) is 1. The lowest BCUT2D eigenvalue weighted by Crippen LogP contribution is -2.44. The predicted molar refractivity (Wildman–Crippen MR) is 93.3 cm³/mol. The van der Waals surface area contributed by atoms with E-state index in [2.05, 4.69) is 5.32 Å². The molecule has 4 nitrogen and oxygen atoms in total. The summed E-state index contributed by atoms with van der Waals surface area (Å²) >= 11 is 0. The molecular formula is C19H30N2O2. The van der Waals surface area contributed by atoms with Gasteiger partial charge in [0.05, 0.1) is 6.04 Å². The minimum Gasteiger partial charge on any atom is -0.396 e. The maximum absolute atomic E-state index is 12.7. The maximum Gasteiger partial charge on any atom is 0.317 e. The second kappa shape index (κ2) is 9.56. The fourth-order valence-corrected chi connectivity index (χ4v) is 3.36. The van der Waals surface area contributed by atoms with Crippen molar-refractivity contribution in [3.8, 4) is 0 Å². The molecule has 0 aromatic heterocycles. The van der Waals surface area contributed by atoms with Crippen LogP contribution in [0.1, 0.15) is 63.0 Å². The SMILES string of the molecule is CN(C(=O)NC(CCCO)c1ccccc1)C1CCCCCC1. The summed E-state index contributed by atoms with van der Waals surface area (Å²) in [5.74, 6) is 0. The number of carbonyl (C=O) groups excluding carboxylic acids is 1. The van der Waals surface area contributed by atoms with Gasteiger partial charge in [-0.3, -0.25) is 0 Å². The van der Waals surface area contributed by atoms with Crippen molar-refractivity contribution in [3.05, 3.63) is 35.9 Å². The van der Waals surface area contributed by atoms with E-state index in [-0.39, 0.29) is 18.7 Å². The zero-order chi connectivity index (χ0) is 16.5. The van der Waals surface area contributed by atoms with Gasteiger partial charge in [-0.1, -0.05) is 56.0 Å². The topological polar surface area (TPSA) is 52.6 Å². The molecule has 2 N–H and O–H groups in total. The Balaban J connectivity index is 1.98. The Morgan fingerprint density at radius 3 is 2.48 bits per heavy atom. The number of rotatable bonds is 6. The molecule has 1 fully saturated rings. The summed E-state index contributed by atoms with van der Waals surface area (Å²) in [6.07, 6.45) is 8.67. The molecule has 1 aromatic carbocycles. The quantitative estimate of drug-likeness (QED) is 0.782. The first kappa shape index (κ1) is 17.8. The maximum atomic E-state index is 12.7. The third kappa shape index (κ3) is 5.54. The van der Waals surface area contributed by atoms with E-state index < -0.39 is 0 Å². The van der Waals surface area contributed by atoms with E-state index in [1.807, 2.05) is 42.3 Å². The molecule has 1 aromatic rings. The fraction of sp³-hybridized carbons (Fsp3) is 0.632. The van der Waals surface area contributed by atoms with Crippen molar-refractivity contribution < 1.29 is 9.90 Å². The molecule has 128 valence electrons. The van der Waals surface area contributed by atoms with Gasteiger partial charge in [-0.05, 0) is 31.2 Å². The molecule has 0 heterocycles. The van der Waals surface area contributed by atoms with E-state index in [0.717, 1.165) is 24.8 Å². The van der Waals surface area contributed by atoms with Crippen LogP contribution in [0.25, 0.3) is 0 Å². The van der Waals surface area contributed by atoms with E-state index in [1.165, 1.54) is 25.7 Å². The number of aliphatic hydroxyl groups is 1. The van der Waals surface area contributed by atoms with Crippen LogP contribution >= 0.6 is 0 Å². The van der Waals surface area contributed by atoms with Crippen LogP contribution < -0.4 is 5.32 Å².